The lowest BCUT2D eigenvalue weighted by molar-refractivity contribution is -0.167. The van der Waals surface area contributed by atoms with Crippen LogP contribution in [-0.2, 0) is 30.2 Å². The van der Waals surface area contributed by atoms with Crippen LogP contribution in [0.1, 0.15) is 60.5 Å². The number of benzene rings is 1. The molecule has 0 amide bonds. The maximum atomic E-state index is 12.5. The van der Waals surface area contributed by atoms with Crippen LogP contribution in [0.5, 0.6) is 0 Å². The van der Waals surface area contributed by atoms with Crippen molar-refractivity contribution in [3.63, 3.8) is 0 Å². The highest BCUT2D eigenvalue weighted by Gasteiger charge is 2.27. The summed E-state index contributed by atoms with van der Waals surface area (Å²) in [6, 6.07) is 9.99. The molecular weight excluding hydrogens is 356 g/mol. The number of hydrogen-bond acceptors (Lipinski definition) is 5. The van der Waals surface area contributed by atoms with Gasteiger partial charge in [-0.2, -0.15) is 0 Å². The Kier molecular flexibility index (Phi) is 9.66. The maximum absolute atomic E-state index is 12.5. The van der Waals surface area contributed by atoms with E-state index in [0.29, 0.717) is 18.9 Å². The zero-order valence-electron chi connectivity index (χ0n) is 18.4. The third-order valence-corrected chi connectivity index (χ3v) is 4.04. The number of ether oxygens (including phenoxy) is 3. The second kappa shape index (κ2) is 11.2. The topological polar surface area (TPSA) is 61.8 Å². The molecule has 158 valence electrons. The van der Waals surface area contributed by atoms with E-state index in [0.717, 1.165) is 5.56 Å². The van der Waals surface area contributed by atoms with Gasteiger partial charge in [-0.25, -0.2) is 0 Å². The summed E-state index contributed by atoms with van der Waals surface area (Å²) in [6.07, 6.45) is -0.0170. The molecule has 0 aliphatic rings. The fourth-order valence-electron chi connectivity index (χ4n) is 2.61. The Morgan fingerprint density at radius 1 is 1.00 bits per heavy atom. The fraction of sp³-hybridized carbons (Fsp3) is 0.652. The lowest BCUT2D eigenvalue weighted by Crippen LogP contribution is -2.36. The molecule has 0 saturated heterocycles. The number of hydrogen-bond donors (Lipinski definition) is 0. The van der Waals surface area contributed by atoms with Gasteiger partial charge in [0.05, 0.1) is 18.4 Å². The molecule has 3 atom stereocenters. The maximum Gasteiger partial charge on any atom is 0.309 e. The molecular formula is C23H36O5. The third-order valence-electron chi connectivity index (χ3n) is 4.04. The minimum absolute atomic E-state index is 0.000966. The van der Waals surface area contributed by atoms with E-state index in [1.54, 1.807) is 27.7 Å². The SMILES string of the molecule is CC(C)CO[C@H](Cc1ccccc1)[C@H](C)OC(=O)[C@H](C)CC(=O)OC(C)(C)C. The average molecular weight is 393 g/mol. The van der Waals surface area contributed by atoms with Crippen LogP contribution >= 0.6 is 0 Å². The summed E-state index contributed by atoms with van der Waals surface area (Å²) in [5.41, 5.74) is 0.556. The van der Waals surface area contributed by atoms with Crippen molar-refractivity contribution in [1.29, 1.82) is 0 Å². The highest BCUT2D eigenvalue weighted by Crippen LogP contribution is 2.17. The summed E-state index contributed by atoms with van der Waals surface area (Å²) in [4.78, 5) is 24.4. The minimum atomic E-state index is -0.570. The first-order chi connectivity index (χ1) is 13.0. The van der Waals surface area contributed by atoms with Gasteiger partial charge >= 0.3 is 11.9 Å². The lowest BCUT2D eigenvalue weighted by atomic mass is 10.0. The highest BCUT2D eigenvalue weighted by atomic mass is 16.6. The van der Waals surface area contributed by atoms with E-state index >= 15 is 0 Å². The summed E-state index contributed by atoms with van der Waals surface area (Å²) < 4.78 is 16.9. The molecule has 1 rings (SSSR count). The number of esters is 2. The van der Waals surface area contributed by atoms with Gasteiger partial charge in [0.2, 0.25) is 0 Å². The van der Waals surface area contributed by atoms with Crippen molar-refractivity contribution < 1.29 is 23.8 Å². The van der Waals surface area contributed by atoms with Gasteiger partial charge in [-0.3, -0.25) is 9.59 Å². The van der Waals surface area contributed by atoms with Crippen molar-refractivity contribution in [2.75, 3.05) is 6.61 Å². The molecule has 0 heterocycles. The van der Waals surface area contributed by atoms with Gasteiger partial charge in [-0.1, -0.05) is 51.1 Å². The summed E-state index contributed by atoms with van der Waals surface area (Å²) in [5.74, 6) is -1.00. The molecule has 0 aliphatic carbocycles. The molecule has 0 bridgehead atoms. The average Bonchev–Trinajstić information content (AvgIpc) is 2.57. The molecule has 0 N–H and O–H groups in total. The van der Waals surface area contributed by atoms with Gasteiger partial charge in [0.1, 0.15) is 11.7 Å². The van der Waals surface area contributed by atoms with Crippen LogP contribution in [0.4, 0.5) is 0 Å². The van der Waals surface area contributed by atoms with Crippen LogP contribution < -0.4 is 0 Å². The summed E-state index contributed by atoms with van der Waals surface area (Å²) in [5, 5.41) is 0. The third kappa shape index (κ3) is 9.88. The van der Waals surface area contributed by atoms with Gasteiger partial charge < -0.3 is 14.2 Å². The Morgan fingerprint density at radius 3 is 2.14 bits per heavy atom. The number of carbonyl (C=O) groups is 2. The Balaban J connectivity index is 2.67. The molecule has 0 unspecified atom stereocenters. The van der Waals surface area contributed by atoms with E-state index < -0.39 is 29.6 Å². The van der Waals surface area contributed by atoms with Gasteiger partial charge in [0.15, 0.2) is 0 Å². The molecule has 0 aromatic heterocycles. The van der Waals surface area contributed by atoms with E-state index in [-0.39, 0.29) is 12.5 Å². The second-order valence-corrected chi connectivity index (χ2v) is 8.79. The number of rotatable bonds is 10. The van der Waals surface area contributed by atoms with Gasteiger partial charge in [-0.15, -0.1) is 0 Å². The Labute approximate surface area is 169 Å². The number of carbonyl (C=O) groups excluding carboxylic acids is 2. The first kappa shape index (κ1) is 24.2. The van der Waals surface area contributed by atoms with Gasteiger partial charge in [0.25, 0.3) is 0 Å². The van der Waals surface area contributed by atoms with Gasteiger partial charge in [-0.05, 0) is 39.2 Å². The van der Waals surface area contributed by atoms with Crippen LogP contribution in [0, 0.1) is 11.8 Å². The monoisotopic (exact) mass is 392 g/mol. The van der Waals surface area contributed by atoms with Crippen LogP contribution in [-0.4, -0.2) is 36.4 Å². The summed E-state index contributed by atoms with van der Waals surface area (Å²) in [7, 11) is 0. The zero-order chi connectivity index (χ0) is 21.3. The largest absolute Gasteiger partial charge is 0.460 e. The molecule has 1 aromatic rings. The molecule has 28 heavy (non-hydrogen) atoms. The highest BCUT2D eigenvalue weighted by molar-refractivity contribution is 5.79. The van der Waals surface area contributed by atoms with Crippen LogP contribution in [0.3, 0.4) is 0 Å². The normalized spacial score (nSPS) is 15.0. The molecule has 0 spiro atoms. The van der Waals surface area contributed by atoms with Crippen LogP contribution in [0.15, 0.2) is 30.3 Å². The smallest absolute Gasteiger partial charge is 0.309 e. The van der Waals surface area contributed by atoms with Crippen LogP contribution in [0.2, 0.25) is 0 Å². The molecule has 5 heteroatoms. The van der Waals surface area contributed by atoms with E-state index in [2.05, 4.69) is 13.8 Å². The van der Waals surface area contributed by atoms with Crippen molar-refractivity contribution in [2.24, 2.45) is 11.8 Å². The predicted octanol–water partition coefficient (Wildman–Crippen LogP) is 4.57. The molecule has 5 nitrogen and oxygen atoms in total. The van der Waals surface area contributed by atoms with Crippen molar-refractivity contribution in [2.45, 2.75) is 79.1 Å². The van der Waals surface area contributed by atoms with E-state index in [1.165, 1.54) is 0 Å². The predicted molar refractivity (Wildman–Crippen MR) is 110 cm³/mol. The first-order valence-electron chi connectivity index (χ1n) is 10.1. The molecule has 0 aliphatic heterocycles. The molecule has 0 saturated carbocycles. The Hall–Kier alpha value is -1.88. The fourth-order valence-corrected chi connectivity index (χ4v) is 2.61. The quantitative estimate of drug-likeness (QED) is 0.546. The summed E-state index contributed by atoms with van der Waals surface area (Å²) in [6.45, 7) is 13.7. The molecule has 0 radical (unpaired) electrons. The standard InChI is InChI=1S/C23H36O5/c1-16(2)15-26-20(14-19-11-9-8-10-12-19)18(4)27-22(25)17(3)13-21(24)28-23(5,6)7/h8-12,16-18,20H,13-15H2,1-7H3/t17-,18+,20-/m1/s1. The van der Waals surface area contributed by atoms with Crippen molar-refractivity contribution in [3.05, 3.63) is 35.9 Å². The van der Waals surface area contributed by atoms with E-state index in [4.69, 9.17) is 14.2 Å². The Bertz CT molecular complexity index is 603. The summed E-state index contributed by atoms with van der Waals surface area (Å²) >= 11 is 0. The first-order valence-corrected chi connectivity index (χ1v) is 10.1. The van der Waals surface area contributed by atoms with Gasteiger partial charge in [0, 0.05) is 13.0 Å². The zero-order valence-corrected chi connectivity index (χ0v) is 18.4. The van der Waals surface area contributed by atoms with Crippen molar-refractivity contribution in [3.8, 4) is 0 Å². The van der Waals surface area contributed by atoms with E-state index in [9.17, 15) is 9.59 Å². The van der Waals surface area contributed by atoms with Crippen LogP contribution in [0.25, 0.3) is 0 Å². The second-order valence-electron chi connectivity index (χ2n) is 8.79. The molecule has 0 fully saturated rings. The van der Waals surface area contributed by atoms with Crippen molar-refractivity contribution >= 4 is 11.9 Å². The Morgan fingerprint density at radius 2 is 1.61 bits per heavy atom. The van der Waals surface area contributed by atoms with E-state index in [1.807, 2.05) is 37.3 Å². The van der Waals surface area contributed by atoms with Crippen molar-refractivity contribution in [1.82, 2.24) is 0 Å². The lowest BCUT2D eigenvalue weighted by Gasteiger charge is -2.27. The molecule has 1 aromatic carbocycles. The minimum Gasteiger partial charge on any atom is -0.460 e.